The van der Waals surface area contributed by atoms with Crippen LogP contribution < -0.4 is 16.0 Å². The Bertz CT molecular complexity index is 1250. The van der Waals surface area contributed by atoms with Gasteiger partial charge in [-0.15, -0.1) is 0 Å². The molecular formula is C27H30FN6O. The molecule has 1 amide bonds. The van der Waals surface area contributed by atoms with Crippen LogP contribution in [0.15, 0.2) is 42.5 Å². The predicted molar refractivity (Wildman–Crippen MR) is 137 cm³/mol. The average Bonchev–Trinajstić information content (AvgIpc) is 2.84. The number of piperazine rings is 1. The molecule has 1 saturated heterocycles. The van der Waals surface area contributed by atoms with E-state index in [2.05, 4.69) is 45.9 Å². The number of halogens is 1. The zero-order valence-corrected chi connectivity index (χ0v) is 20.1. The third kappa shape index (κ3) is 4.58. The van der Waals surface area contributed by atoms with Gasteiger partial charge in [-0.2, -0.15) is 9.37 Å². The van der Waals surface area contributed by atoms with E-state index < -0.39 is 5.95 Å². The molecule has 8 heteroatoms. The van der Waals surface area contributed by atoms with Crippen molar-refractivity contribution in [1.82, 2.24) is 20.2 Å². The summed E-state index contributed by atoms with van der Waals surface area (Å²) in [6.45, 7) is 12.4. The van der Waals surface area contributed by atoms with E-state index in [1.165, 1.54) is 0 Å². The number of benzene rings is 2. The molecule has 0 spiro atoms. The summed E-state index contributed by atoms with van der Waals surface area (Å²) in [5.41, 5.74) is 10.5. The van der Waals surface area contributed by atoms with Crippen LogP contribution in [-0.2, 0) is 6.42 Å². The van der Waals surface area contributed by atoms with Gasteiger partial charge in [-0.1, -0.05) is 18.2 Å². The van der Waals surface area contributed by atoms with Crippen molar-refractivity contribution >= 4 is 17.4 Å². The summed E-state index contributed by atoms with van der Waals surface area (Å²) in [6, 6.07) is 13.5. The van der Waals surface area contributed by atoms with Crippen molar-refractivity contribution in [2.75, 3.05) is 36.8 Å². The topological polar surface area (TPSA) is 87.4 Å². The lowest BCUT2D eigenvalue weighted by Crippen LogP contribution is -2.48. The van der Waals surface area contributed by atoms with Crippen LogP contribution in [0.3, 0.4) is 0 Å². The minimum absolute atomic E-state index is 0.0114. The van der Waals surface area contributed by atoms with Gasteiger partial charge in [0.05, 0.1) is 0 Å². The summed E-state index contributed by atoms with van der Waals surface area (Å²) in [4.78, 5) is 25.6. The highest BCUT2D eigenvalue weighted by molar-refractivity contribution is 5.97. The van der Waals surface area contributed by atoms with Crippen molar-refractivity contribution < 1.29 is 9.18 Å². The molecule has 1 unspecified atom stereocenters. The summed E-state index contributed by atoms with van der Waals surface area (Å²) in [5.74, 6) is -0.848. The van der Waals surface area contributed by atoms with Crippen LogP contribution in [0.25, 0.3) is 22.5 Å². The summed E-state index contributed by atoms with van der Waals surface area (Å²) < 4.78 is 14.9. The molecular weight excluding hydrogens is 443 g/mol. The van der Waals surface area contributed by atoms with Gasteiger partial charge >= 0.3 is 0 Å². The number of fused-ring (bicyclic) bond motifs is 1. The van der Waals surface area contributed by atoms with Crippen molar-refractivity contribution in [1.29, 1.82) is 0 Å². The monoisotopic (exact) mass is 473 g/mol. The van der Waals surface area contributed by atoms with Gasteiger partial charge in [0.15, 0.2) is 5.82 Å². The van der Waals surface area contributed by atoms with Gasteiger partial charge in [0.2, 0.25) is 5.95 Å². The van der Waals surface area contributed by atoms with Crippen LogP contribution >= 0.6 is 0 Å². The van der Waals surface area contributed by atoms with Gasteiger partial charge < -0.3 is 16.0 Å². The highest BCUT2D eigenvalue weighted by Gasteiger charge is 2.23. The first-order chi connectivity index (χ1) is 16.8. The number of nitrogens with one attached hydrogen (secondary N) is 1. The molecule has 1 fully saturated rings. The number of anilines is 2. The fourth-order valence-electron chi connectivity index (χ4n) is 4.86. The van der Waals surface area contributed by atoms with Crippen molar-refractivity contribution in [2.24, 2.45) is 0 Å². The molecule has 35 heavy (non-hydrogen) atoms. The molecule has 2 aromatic carbocycles. The zero-order chi connectivity index (χ0) is 24.7. The number of hydrogen-bond donors (Lipinski definition) is 2. The van der Waals surface area contributed by atoms with E-state index in [1.54, 1.807) is 12.1 Å². The molecule has 3 heterocycles. The highest BCUT2D eigenvalue weighted by Crippen LogP contribution is 2.31. The highest BCUT2D eigenvalue weighted by atomic mass is 19.1. The lowest BCUT2D eigenvalue weighted by atomic mass is 9.93. The largest absolute Gasteiger partial charge is 0.382 e. The maximum absolute atomic E-state index is 14.9. The molecule has 181 valence electrons. The smallest absolute Gasteiger partial charge is 0.251 e. The molecule has 3 aromatic rings. The molecule has 5 rings (SSSR count). The second-order valence-electron chi connectivity index (χ2n) is 9.51. The Morgan fingerprint density at radius 2 is 1.71 bits per heavy atom. The number of nitrogens with two attached hydrogens (primary N) is 1. The first kappa shape index (κ1) is 23.2. The van der Waals surface area contributed by atoms with Crippen LogP contribution in [0.2, 0.25) is 0 Å². The van der Waals surface area contributed by atoms with Gasteiger partial charge in [0.1, 0.15) is 11.4 Å². The number of aromatic nitrogens is 2. The van der Waals surface area contributed by atoms with Crippen molar-refractivity contribution in [3.8, 4) is 22.5 Å². The van der Waals surface area contributed by atoms with E-state index in [4.69, 9.17) is 5.73 Å². The maximum atomic E-state index is 14.9. The number of rotatable bonds is 4. The van der Waals surface area contributed by atoms with Crippen LogP contribution in [0.5, 0.6) is 0 Å². The lowest BCUT2D eigenvalue weighted by Gasteiger charge is -2.38. The standard InChI is InChI=1S/C27H30FN6O/c1-16(2)33-10-12-34(13-11-33)21-7-4-18(5-8-21)23-25(28)32-26(29)24(31-23)19-6-9-22-20(15-19)14-17(3)30-27(22)35/h4-9,15-17H,3,10-14H2,1-2H3,(H2,29,32)(H,30,35). The Hall–Kier alpha value is -3.52. The molecule has 1 aromatic heterocycles. The predicted octanol–water partition coefficient (Wildman–Crippen LogP) is 3.55. The third-order valence-electron chi connectivity index (χ3n) is 6.86. The average molecular weight is 474 g/mol. The normalized spacial score (nSPS) is 18.5. The van der Waals surface area contributed by atoms with Crippen LogP contribution in [0.4, 0.5) is 15.9 Å². The molecule has 2 aliphatic heterocycles. The Morgan fingerprint density at radius 1 is 1.03 bits per heavy atom. The van der Waals surface area contributed by atoms with Crippen molar-refractivity contribution in [3.05, 3.63) is 66.5 Å². The molecule has 1 atom stereocenters. The SMILES string of the molecule is [CH2]C1Cc2cc(-c3nc(-c4ccc(N5CCN(C(C)C)CC5)cc4)c(F)nc3N)ccc2C(=O)N1. The van der Waals surface area contributed by atoms with Crippen molar-refractivity contribution in [2.45, 2.75) is 32.4 Å². The molecule has 0 saturated carbocycles. The van der Waals surface area contributed by atoms with E-state index in [9.17, 15) is 9.18 Å². The van der Waals surface area contributed by atoms with Crippen LogP contribution in [0.1, 0.15) is 29.8 Å². The summed E-state index contributed by atoms with van der Waals surface area (Å²) >= 11 is 0. The number of carbonyl (C=O) groups excluding carboxylic acids is 1. The van der Waals surface area contributed by atoms with Crippen LogP contribution in [0, 0.1) is 12.9 Å². The molecule has 2 aliphatic rings. The van der Waals surface area contributed by atoms with Gasteiger partial charge in [0.25, 0.3) is 5.91 Å². The number of hydrogen-bond acceptors (Lipinski definition) is 6. The van der Waals surface area contributed by atoms with E-state index in [-0.39, 0.29) is 23.5 Å². The Kier molecular flexibility index (Phi) is 6.15. The zero-order valence-electron chi connectivity index (χ0n) is 20.1. The summed E-state index contributed by atoms with van der Waals surface area (Å²) in [5, 5.41) is 2.82. The number of carbonyl (C=O) groups is 1. The van der Waals surface area contributed by atoms with Gasteiger partial charge in [0, 0.05) is 60.6 Å². The summed E-state index contributed by atoms with van der Waals surface area (Å²) in [6.07, 6.45) is 0.600. The van der Waals surface area contributed by atoms with E-state index in [0.717, 1.165) is 37.4 Å². The maximum Gasteiger partial charge on any atom is 0.251 e. The third-order valence-corrected chi connectivity index (χ3v) is 6.86. The molecule has 3 N–H and O–H groups in total. The first-order valence-corrected chi connectivity index (χ1v) is 12.0. The van der Waals surface area contributed by atoms with Gasteiger partial charge in [-0.3, -0.25) is 9.69 Å². The minimum Gasteiger partial charge on any atom is -0.382 e. The Balaban J connectivity index is 1.42. The summed E-state index contributed by atoms with van der Waals surface area (Å²) in [7, 11) is 0. The molecule has 1 radical (unpaired) electrons. The fourth-order valence-corrected chi connectivity index (χ4v) is 4.86. The van der Waals surface area contributed by atoms with Crippen LogP contribution in [-0.4, -0.2) is 59.0 Å². The lowest BCUT2D eigenvalue weighted by molar-refractivity contribution is 0.0934. The fraction of sp³-hybridized carbons (Fsp3) is 0.333. The number of nitrogen functional groups attached to an aromatic ring is 1. The second kappa shape index (κ2) is 9.26. The second-order valence-corrected chi connectivity index (χ2v) is 9.51. The molecule has 0 aliphatic carbocycles. The van der Waals surface area contributed by atoms with Gasteiger partial charge in [-0.25, -0.2) is 4.98 Å². The number of nitrogens with zero attached hydrogens (tertiary/aromatic N) is 4. The van der Waals surface area contributed by atoms with E-state index in [1.807, 2.05) is 30.3 Å². The van der Waals surface area contributed by atoms with Crippen molar-refractivity contribution in [3.63, 3.8) is 0 Å². The number of amides is 1. The minimum atomic E-state index is -0.709. The van der Waals surface area contributed by atoms with E-state index >= 15 is 0 Å². The molecule has 7 nitrogen and oxygen atoms in total. The first-order valence-electron chi connectivity index (χ1n) is 12.0. The van der Waals surface area contributed by atoms with E-state index in [0.29, 0.717) is 34.8 Å². The Morgan fingerprint density at radius 3 is 2.40 bits per heavy atom. The quantitative estimate of drug-likeness (QED) is 0.603. The molecule has 0 bridgehead atoms. The van der Waals surface area contributed by atoms with Gasteiger partial charge in [-0.05, 0) is 57.0 Å². The Labute approximate surface area is 205 Å².